The highest BCUT2D eigenvalue weighted by Gasteiger charge is 2.11. The summed E-state index contributed by atoms with van der Waals surface area (Å²) in [5, 5.41) is 10.1. The minimum absolute atomic E-state index is 0.0340. The number of carbonyl (C=O) groups excluding carboxylic acids is 1. The molecular formula is C21H24O8. The highest BCUT2D eigenvalue weighted by molar-refractivity contribution is 6.08. The van der Waals surface area contributed by atoms with E-state index in [0.717, 1.165) is 0 Å². The molecule has 2 aromatic carbocycles. The van der Waals surface area contributed by atoms with Gasteiger partial charge in [0.25, 0.3) is 0 Å². The van der Waals surface area contributed by atoms with Gasteiger partial charge in [0.15, 0.2) is 26.2 Å². The summed E-state index contributed by atoms with van der Waals surface area (Å²) in [5.41, 5.74) is 0.783. The van der Waals surface area contributed by atoms with Gasteiger partial charge in [0.1, 0.15) is 23.0 Å². The molecule has 0 aliphatic carbocycles. The number of ether oxygens (including phenoxy) is 6. The minimum atomic E-state index is -0.377. The van der Waals surface area contributed by atoms with Gasteiger partial charge in [-0.05, 0) is 36.4 Å². The molecule has 0 heterocycles. The van der Waals surface area contributed by atoms with Crippen molar-refractivity contribution in [1.29, 1.82) is 0 Å². The van der Waals surface area contributed by atoms with Crippen LogP contribution in [-0.4, -0.2) is 52.6 Å². The Morgan fingerprint density at radius 2 is 1.45 bits per heavy atom. The van der Waals surface area contributed by atoms with Gasteiger partial charge in [-0.25, -0.2) is 0 Å². The molecule has 0 aliphatic rings. The van der Waals surface area contributed by atoms with E-state index in [9.17, 15) is 9.90 Å². The van der Waals surface area contributed by atoms with Crippen LogP contribution in [0.5, 0.6) is 23.0 Å². The van der Waals surface area contributed by atoms with Crippen molar-refractivity contribution in [2.45, 2.75) is 0 Å². The van der Waals surface area contributed by atoms with Gasteiger partial charge in [0.2, 0.25) is 0 Å². The lowest BCUT2D eigenvalue weighted by Crippen LogP contribution is -2.03. The number of benzene rings is 2. The number of aromatic hydroxyl groups is 1. The van der Waals surface area contributed by atoms with E-state index in [-0.39, 0.29) is 37.5 Å². The molecule has 0 bridgehead atoms. The Balaban J connectivity index is 2.17. The molecule has 2 rings (SSSR count). The molecule has 8 nitrogen and oxygen atoms in total. The van der Waals surface area contributed by atoms with Crippen LogP contribution in [0.2, 0.25) is 0 Å². The van der Waals surface area contributed by atoms with Crippen molar-refractivity contribution < 1.29 is 38.3 Å². The maximum Gasteiger partial charge on any atom is 0.189 e. The summed E-state index contributed by atoms with van der Waals surface area (Å²) in [7, 11) is 4.52. The Bertz CT molecular complexity index is 831. The Kier molecular flexibility index (Phi) is 8.97. The van der Waals surface area contributed by atoms with Gasteiger partial charge in [0.05, 0.1) is 5.56 Å². The second-order valence-corrected chi connectivity index (χ2v) is 5.73. The van der Waals surface area contributed by atoms with Crippen molar-refractivity contribution in [3.05, 3.63) is 53.6 Å². The van der Waals surface area contributed by atoms with E-state index >= 15 is 0 Å². The molecule has 1 N–H and O–H groups in total. The average Bonchev–Trinajstić information content (AvgIpc) is 2.73. The molecule has 0 aliphatic heterocycles. The fraction of sp³-hybridized carbons (Fsp3) is 0.286. The van der Waals surface area contributed by atoms with E-state index in [0.29, 0.717) is 22.8 Å². The molecule has 0 saturated carbocycles. The summed E-state index contributed by atoms with van der Waals surface area (Å²) in [4.78, 5) is 12.5. The molecule has 0 atom stereocenters. The van der Waals surface area contributed by atoms with Crippen LogP contribution < -0.4 is 14.2 Å². The molecule has 156 valence electrons. The van der Waals surface area contributed by atoms with Crippen LogP contribution >= 0.6 is 0 Å². The van der Waals surface area contributed by atoms with Crippen LogP contribution in [0, 0.1) is 0 Å². The molecule has 0 spiro atoms. The van der Waals surface area contributed by atoms with Crippen molar-refractivity contribution in [3.8, 4) is 23.0 Å². The third-order valence-electron chi connectivity index (χ3n) is 3.65. The van der Waals surface area contributed by atoms with Crippen LogP contribution in [0.3, 0.4) is 0 Å². The number of phenols is 1. The highest BCUT2D eigenvalue weighted by atomic mass is 16.7. The van der Waals surface area contributed by atoms with E-state index in [4.69, 9.17) is 28.4 Å². The van der Waals surface area contributed by atoms with Crippen molar-refractivity contribution in [3.63, 3.8) is 0 Å². The maximum absolute atomic E-state index is 12.5. The Morgan fingerprint density at radius 3 is 2.07 bits per heavy atom. The Morgan fingerprint density at radius 1 is 0.862 bits per heavy atom. The van der Waals surface area contributed by atoms with E-state index in [2.05, 4.69) is 0 Å². The minimum Gasteiger partial charge on any atom is -0.507 e. The van der Waals surface area contributed by atoms with E-state index < -0.39 is 0 Å². The number of allylic oxidation sites excluding steroid dienone is 1. The molecule has 0 saturated heterocycles. The summed E-state index contributed by atoms with van der Waals surface area (Å²) in [6, 6.07) is 9.55. The van der Waals surface area contributed by atoms with Crippen LogP contribution in [-0.2, 0) is 14.2 Å². The normalized spacial score (nSPS) is 10.9. The van der Waals surface area contributed by atoms with E-state index in [1.807, 2.05) is 0 Å². The van der Waals surface area contributed by atoms with Crippen LogP contribution in [0.1, 0.15) is 15.9 Å². The number of hydrogen-bond acceptors (Lipinski definition) is 8. The molecule has 0 aromatic heterocycles. The van der Waals surface area contributed by atoms with Gasteiger partial charge in [-0.15, -0.1) is 0 Å². The molecule has 8 heteroatoms. The summed E-state index contributed by atoms with van der Waals surface area (Å²) < 4.78 is 30.8. The standard InChI is InChI=1S/C21H24O8/c1-24-12-27-16-7-8-18(20(23)10-16)19(22)9-5-15-4-6-17(28-13-25-2)11-21(15)29-14-26-3/h4-11,23H,12-14H2,1-3H3/b9-5+. The fourth-order valence-electron chi connectivity index (χ4n) is 2.31. The first-order valence-electron chi connectivity index (χ1n) is 8.63. The van der Waals surface area contributed by atoms with Gasteiger partial charge < -0.3 is 33.5 Å². The van der Waals surface area contributed by atoms with Gasteiger partial charge in [-0.1, -0.05) is 0 Å². The zero-order chi connectivity index (χ0) is 21.1. The van der Waals surface area contributed by atoms with Crippen molar-refractivity contribution >= 4 is 11.9 Å². The van der Waals surface area contributed by atoms with Crippen molar-refractivity contribution in [2.24, 2.45) is 0 Å². The lowest BCUT2D eigenvalue weighted by Gasteiger charge is -2.11. The molecule has 2 aromatic rings. The lowest BCUT2D eigenvalue weighted by atomic mass is 10.1. The third kappa shape index (κ3) is 6.79. The zero-order valence-electron chi connectivity index (χ0n) is 16.5. The Labute approximate surface area is 169 Å². The van der Waals surface area contributed by atoms with Crippen LogP contribution in [0.4, 0.5) is 0 Å². The maximum atomic E-state index is 12.5. The number of carbonyl (C=O) groups is 1. The second kappa shape index (κ2) is 11.7. The first kappa shape index (κ1) is 22.2. The highest BCUT2D eigenvalue weighted by Crippen LogP contribution is 2.28. The summed E-state index contributed by atoms with van der Waals surface area (Å²) in [6.07, 6.45) is 2.93. The lowest BCUT2D eigenvalue weighted by molar-refractivity contribution is 0.0459. The quantitative estimate of drug-likeness (QED) is 0.327. The smallest absolute Gasteiger partial charge is 0.189 e. The number of ketones is 1. The fourth-order valence-corrected chi connectivity index (χ4v) is 2.31. The van der Waals surface area contributed by atoms with Gasteiger partial charge >= 0.3 is 0 Å². The topological polar surface area (TPSA) is 92.7 Å². The Hall–Kier alpha value is -3.07. The predicted molar refractivity (Wildman–Crippen MR) is 105 cm³/mol. The number of hydrogen-bond donors (Lipinski definition) is 1. The van der Waals surface area contributed by atoms with E-state index in [1.165, 1.54) is 39.5 Å². The summed E-state index contributed by atoms with van der Waals surface area (Å²) in [5.74, 6) is 0.847. The molecular weight excluding hydrogens is 380 g/mol. The third-order valence-corrected chi connectivity index (χ3v) is 3.65. The van der Waals surface area contributed by atoms with Crippen molar-refractivity contribution in [2.75, 3.05) is 41.7 Å². The predicted octanol–water partition coefficient (Wildman–Crippen LogP) is 3.24. The number of phenolic OH excluding ortho intramolecular Hbond substituents is 1. The second-order valence-electron chi connectivity index (χ2n) is 5.73. The van der Waals surface area contributed by atoms with Gasteiger partial charge in [-0.3, -0.25) is 4.79 Å². The summed E-state index contributed by atoms with van der Waals surface area (Å²) >= 11 is 0. The van der Waals surface area contributed by atoms with Crippen molar-refractivity contribution in [1.82, 2.24) is 0 Å². The zero-order valence-corrected chi connectivity index (χ0v) is 16.5. The largest absolute Gasteiger partial charge is 0.507 e. The number of methoxy groups -OCH3 is 3. The molecule has 0 unspecified atom stereocenters. The average molecular weight is 404 g/mol. The monoisotopic (exact) mass is 404 g/mol. The number of rotatable bonds is 12. The van der Waals surface area contributed by atoms with Gasteiger partial charge in [0, 0.05) is 39.0 Å². The van der Waals surface area contributed by atoms with Crippen LogP contribution in [0.25, 0.3) is 6.08 Å². The molecule has 29 heavy (non-hydrogen) atoms. The first-order valence-corrected chi connectivity index (χ1v) is 8.63. The SMILES string of the molecule is COCOc1ccc(C(=O)/C=C/c2ccc(OCOC)cc2OCOC)c(O)c1. The van der Waals surface area contributed by atoms with E-state index in [1.54, 1.807) is 30.3 Å². The molecule has 0 radical (unpaired) electrons. The van der Waals surface area contributed by atoms with Crippen LogP contribution in [0.15, 0.2) is 42.5 Å². The van der Waals surface area contributed by atoms with Gasteiger partial charge in [-0.2, -0.15) is 0 Å². The summed E-state index contributed by atoms with van der Waals surface area (Å²) in [6.45, 7) is 0.175. The molecule has 0 fully saturated rings. The first-order chi connectivity index (χ1) is 14.1. The molecule has 0 amide bonds.